The number of ether oxygens (including phenoxy) is 1. The Morgan fingerprint density at radius 1 is 0.880 bits per heavy atom. The highest BCUT2D eigenvalue weighted by molar-refractivity contribution is 7.15. The van der Waals surface area contributed by atoms with Crippen LogP contribution >= 0.6 is 11.3 Å². The molecule has 0 atom stereocenters. The topological polar surface area (TPSA) is 70.5 Å². The smallest absolute Gasteiger partial charge is 0.227 e. The summed E-state index contributed by atoms with van der Waals surface area (Å²) >= 11 is 1.65. The van der Waals surface area contributed by atoms with Crippen LogP contribution in [0.2, 0.25) is 0 Å². The average Bonchev–Trinajstić information content (AvgIpc) is 3.08. The molecule has 2 aliphatic heterocycles. The van der Waals surface area contributed by atoms with Gasteiger partial charge in [-0.25, -0.2) is 4.98 Å². The molecule has 2 aliphatic rings. The molecule has 134 valence electrons. The van der Waals surface area contributed by atoms with E-state index in [0.717, 1.165) is 80.1 Å². The zero-order chi connectivity index (χ0) is 17.2. The SMILES string of the molecule is Cc1cc(N2CCOCC2)nc(N2CCN(c3nnc(C)s3)CC2)n1. The summed E-state index contributed by atoms with van der Waals surface area (Å²) < 4.78 is 5.44. The van der Waals surface area contributed by atoms with E-state index in [9.17, 15) is 0 Å². The molecule has 25 heavy (non-hydrogen) atoms. The minimum absolute atomic E-state index is 0.762. The normalized spacial score (nSPS) is 18.7. The van der Waals surface area contributed by atoms with Gasteiger partial charge in [0.05, 0.1) is 13.2 Å². The third-order valence-corrected chi connectivity index (χ3v) is 5.41. The molecule has 2 aromatic rings. The van der Waals surface area contributed by atoms with Crippen LogP contribution in [0.15, 0.2) is 6.07 Å². The van der Waals surface area contributed by atoms with E-state index in [4.69, 9.17) is 9.72 Å². The Hall–Kier alpha value is -2.00. The summed E-state index contributed by atoms with van der Waals surface area (Å²) in [6.45, 7) is 10.9. The third kappa shape index (κ3) is 3.67. The van der Waals surface area contributed by atoms with Crippen molar-refractivity contribution in [3.05, 3.63) is 16.8 Å². The third-order valence-electron chi connectivity index (χ3n) is 4.51. The lowest BCUT2D eigenvalue weighted by Gasteiger charge is -2.35. The van der Waals surface area contributed by atoms with E-state index < -0.39 is 0 Å². The lowest BCUT2D eigenvalue weighted by Crippen LogP contribution is -2.47. The van der Waals surface area contributed by atoms with E-state index in [-0.39, 0.29) is 0 Å². The first-order valence-electron chi connectivity index (χ1n) is 8.67. The molecule has 0 radical (unpaired) electrons. The number of aryl methyl sites for hydroxylation is 2. The summed E-state index contributed by atoms with van der Waals surface area (Å²) in [7, 11) is 0. The second-order valence-corrected chi connectivity index (χ2v) is 7.50. The van der Waals surface area contributed by atoms with E-state index in [1.165, 1.54) is 0 Å². The highest BCUT2D eigenvalue weighted by Crippen LogP contribution is 2.23. The molecule has 0 aromatic carbocycles. The molecule has 4 heterocycles. The number of anilines is 3. The van der Waals surface area contributed by atoms with Crippen molar-refractivity contribution in [1.82, 2.24) is 20.2 Å². The predicted octanol–water partition coefficient (Wildman–Crippen LogP) is 1.11. The van der Waals surface area contributed by atoms with Crippen molar-refractivity contribution in [2.24, 2.45) is 0 Å². The van der Waals surface area contributed by atoms with Gasteiger partial charge >= 0.3 is 0 Å². The number of hydrogen-bond acceptors (Lipinski definition) is 9. The fourth-order valence-electron chi connectivity index (χ4n) is 3.14. The molecular formula is C16H23N7OS. The van der Waals surface area contributed by atoms with E-state index in [1.807, 2.05) is 13.8 Å². The van der Waals surface area contributed by atoms with Crippen LogP contribution in [0.3, 0.4) is 0 Å². The summed E-state index contributed by atoms with van der Waals surface area (Å²) in [6.07, 6.45) is 0. The monoisotopic (exact) mass is 361 g/mol. The number of hydrogen-bond donors (Lipinski definition) is 0. The van der Waals surface area contributed by atoms with E-state index in [0.29, 0.717) is 0 Å². The van der Waals surface area contributed by atoms with Gasteiger partial charge in [0.1, 0.15) is 10.8 Å². The minimum atomic E-state index is 0.762. The van der Waals surface area contributed by atoms with Crippen LogP contribution in [0.4, 0.5) is 16.9 Å². The molecule has 0 aliphatic carbocycles. The van der Waals surface area contributed by atoms with Crippen molar-refractivity contribution in [3.8, 4) is 0 Å². The van der Waals surface area contributed by atoms with Crippen LogP contribution in [-0.2, 0) is 4.74 Å². The Labute approximate surface area is 151 Å². The van der Waals surface area contributed by atoms with Crippen molar-refractivity contribution in [1.29, 1.82) is 0 Å². The first-order valence-corrected chi connectivity index (χ1v) is 9.49. The molecular weight excluding hydrogens is 338 g/mol. The Morgan fingerprint density at radius 2 is 1.60 bits per heavy atom. The summed E-state index contributed by atoms with van der Waals surface area (Å²) in [6, 6.07) is 2.06. The molecule has 2 fully saturated rings. The molecule has 9 heteroatoms. The van der Waals surface area contributed by atoms with E-state index in [1.54, 1.807) is 11.3 Å². The first-order chi connectivity index (χ1) is 12.2. The summed E-state index contributed by atoms with van der Waals surface area (Å²) in [5.74, 6) is 1.84. The van der Waals surface area contributed by atoms with E-state index >= 15 is 0 Å². The minimum Gasteiger partial charge on any atom is -0.378 e. The van der Waals surface area contributed by atoms with Crippen LogP contribution in [0.5, 0.6) is 0 Å². The predicted molar refractivity (Wildman–Crippen MR) is 98.9 cm³/mol. The maximum atomic E-state index is 5.44. The number of piperazine rings is 1. The number of rotatable bonds is 3. The average molecular weight is 361 g/mol. The van der Waals surface area contributed by atoms with Gasteiger partial charge in [0, 0.05) is 51.0 Å². The maximum Gasteiger partial charge on any atom is 0.227 e. The Balaban J connectivity index is 1.46. The number of nitrogens with zero attached hydrogens (tertiary/aromatic N) is 7. The fraction of sp³-hybridized carbons (Fsp3) is 0.625. The second kappa shape index (κ2) is 7.09. The van der Waals surface area contributed by atoms with Crippen molar-refractivity contribution < 1.29 is 4.74 Å². The standard InChI is InChI=1S/C16H23N7OS/c1-12-11-14(21-7-9-24-10-8-21)18-15(17-12)22-3-5-23(6-4-22)16-20-19-13(2)25-16/h11H,3-10H2,1-2H3. The Kier molecular flexibility index (Phi) is 4.67. The zero-order valence-electron chi connectivity index (χ0n) is 14.7. The largest absolute Gasteiger partial charge is 0.378 e. The highest BCUT2D eigenvalue weighted by atomic mass is 32.1. The lowest BCUT2D eigenvalue weighted by atomic mass is 10.3. The van der Waals surface area contributed by atoms with Gasteiger partial charge < -0.3 is 19.4 Å². The second-order valence-electron chi connectivity index (χ2n) is 6.34. The van der Waals surface area contributed by atoms with Crippen LogP contribution < -0.4 is 14.7 Å². The maximum absolute atomic E-state index is 5.44. The van der Waals surface area contributed by atoms with Crippen LogP contribution in [0.1, 0.15) is 10.7 Å². The van der Waals surface area contributed by atoms with Gasteiger partial charge in [0.2, 0.25) is 11.1 Å². The van der Waals surface area contributed by atoms with Gasteiger partial charge in [0.15, 0.2) is 0 Å². The lowest BCUT2D eigenvalue weighted by molar-refractivity contribution is 0.122. The van der Waals surface area contributed by atoms with Gasteiger partial charge in [-0.15, -0.1) is 10.2 Å². The summed E-state index contributed by atoms with van der Waals surface area (Å²) in [5, 5.41) is 10.4. The first kappa shape index (κ1) is 16.5. The molecule has 8 nitrogen and oxygen atoms in total. The van der Waals surface area contributed by atoms with Gasteiger partial charge in [-0.1, -0.05) is 11.3 Å². The Bertz CT molecular complexity index is 723. The van der Waals surface area contributed by atoms with Crippen LogP contribution in [0.25, 0.3) is 0 Å². The molecule has 0 unspecified atom stereocenters. The molecule has 4 rings (SSSR count). The number of morpholine rings is 1. The Morgan fingerprint density at radius 3 is 2.28 bits per heavy atom. The fourth-order valence-corrected chi connectivity index (χ4v) is 3.88. The molecule has 0 N–H and O–H groups in total. The quantitative estimate of drug-likeness (QED) is 0.805. The van der Waals surface area contributed by atoms with Crippen LogP contribution in [-0.4, -0.2) is 72.6 Å². The van der Waals surface area contributed by atoms with Crippen molar-refractivity contribution in [2.75, 3.05) is 67.2 Å². The van der Waals surface area contributed by atoms with Crippen LogP contribution in [0, 0.1) is 13.8 Å². The van der Waals surface area contributed by atoms with Gasteiger partial charge in [-0.05, 0) is 13.8 Å². The molecule has 0 spiro atoms. The van der Waals surface area contributed by atoms with Crippen molar-refractivity contribution in [2.45, 2.75) is 13.8 Å². The molecule has 0 saturated carbocycles. The summed E-state index contributed by atoms with van der Waals surface area (Å²) in [5.41, 5.74) is 1.01. The molecule has 2 aromatic heterocycles. The van der Waals surface area contributed by atoms with Crippen molar-refractivity contribution in [3.63, 3.8) is 0 Å². The number of aromatic nitrogens is 4. The summed E-state index contributed by atoms with van der Waals surface area (Å²) in [4.78, 5) is 16.3. The van der Waals surface area contributed by atoms with Crippen molar-refractivity contribution >= 4 is 28.2 Å². The van der Waals surface area contributed by atoms with E-state index in [2.05, 4.69) is 35.9 Å². The highest BCUT2D eigenvalue weighted by Gasteiger charge is 2.23. The van der Waals surface area contributed by atoms with Gasteiger partial charge in [0.25, 0.3) is 0 Å². The molecule has 0 bridgehead atoms. The molecule has 2 saturated heterocycles. The zero-order valence-corrected chi connectivity index (χ0v) is 15.5. The van der Waals surface area contributed by atoms with Gasteiger partial charge in [-0.2, -0.15) is 4.98 Å². The molecule has 0 amide bonds. The van der Waals surface area contributed by atoms with Gasteiger partial charge in [-0.3, -0.25) is 0 Å².